The Balaban J connectivity index is 0.00000175. The van der Waals surface area contributed by atoms with Crippen LogP contribution in [0.1, 0.15) is 59.1 Å². The number of H-pyrrole nitrogens is 1. The first-order valence-corrected chi connectivity index (χ1v) is 19.1. The minimum atomic E-state index is -1.77. The molecule has 53 heavy (non-hydrogen) atoms. The van der Waals surface area contributed by atoms with Crippen LogP contribution >= 0.6 is 22.7 Å². The van der Waals surface area contributed by atoms with Crippen LogP contribution in [0.15, 0.2) is 88.4 Å². The highest BCUT2D eigenvalue weighted by Gasteiger charge is 2.45. The summed E-state index contributed by atoms with van der Waals surface area (Å²) in [6.45, 7) is 2.09. The Morgan fingerprint density at radius 2 is 1.68 bits per heavy atom. The fraction of sp³-hybridized carbons (Fsp3) is 0.359. The standard InChI is InChI=1S/C38H43N3O7S2.CH2O2/c1-41(26-9-13-28(14-10-26)48-37(45)38(46,33-5-2-21-49-33)34-6-3-22-50-34)19-4-20-47-27-11-7-25(8-12-27)23-39-24-32(43)29-15-17-31(42)36-30(29)16-18-35(44)40-36;2-1-3/h2-3,5-8,11-12,15-18,21-22,26,28,32,39,42-43,46H,4,9-10,13-14,19-20,23-24H2,1H3,(H,40,44);1H,(H,2,3)/t26-,28-,32-;/m0./s1. The summed E-state index contributed by atoms with van der Waals surface area (Å²) < 4.78 is 11.9. The minimum Gasteiger partial charge on any atom is -0.506 e. The lowest BCUT2D eigenvalue weighted by molar-refractivity contribution is -0.169. The molecule has 6 N–H and O–H groups in total. The molecule has 3 aromatic heterocycles. The number of rotatable bonds is 15. The van der Waals surface area contributed by atoms with Crippen molar-refractivity contribution in [2.24, 2.45) is 0 Å². The molecule has 282 valence electrons. The second-order valence-corrected chi connectivity index (χ2v) is 14.8. The highest BCUT2D eigenvalue weighted by Crippen LogP contribution is 2.38. The van der Waals surface area contributed by atoms with E-state index in [1.165, 1.54) is 34.8 Å². The molecule has 2 aromatic carbocycles. The Hall–Kier alpha value is -4.57. The van der Waals surface area contributed by atoms with Crippen molar-refractivity contribution in [2.45, 2.75) is 62.5 Å². The smallest absolute Gasteiger partial charge is 0.349 e. The van der Waals surface area contributed by atoms with Crippen molar-refractivity contribution >= 4 is 46.0 Å². The zero-order chi connectivity index (χ0) is 37.8. The topological polar surface area (TPSA) is 182 Å². The van der Waals surface area contributed by atoms with Crippen LogP contribution in [-0.4, -0.2) is 81.6 Å². The Labute approximate surface area is 315 Å². The molecule has 14 heteroatoms. The molecule has 1 fully saturated rings. The number of carboxylic acid groups (broad SMARTS) is 1. The average molecular weight is 764 g/mol. The number of phenolic OH excluding ortho intramolecular Hbond substituents is 1. The Bertz CT molecular complexity index is 1910. The number of aliphatic hydroxyl groups is 2. The average Bonchev–Trinajstić information content (AvgIpc) is 3.91. The summed E-state index contributed by atoms with van der Waals surface area (Å²) in [6.07, 6.45) is 3.21. The molecular weight excluding hydrogens is 719 g/mol. The van der Waals surface area contributed by atoms with Gasteiger partial charge in [0.15, 0.2) is 0 Å². The summed E-state index contributed by atoms with van der Waals surface area (Å²) in [5, 5.41) is 46.9. The number of fused-ring (bicyclic) bond motifs is 1. The van der Waals surface area contributed by atoms with Gasteiger partial charge in [0.25, 0.3) is 6.47 Å². The SMILES string of the molecule is CN(CCCOc1ccc(CNC[C@H](O)c2ccc(O)c3[nH]c(=O)ccc23)cc1)[C@H]1CC[C@H](OC(=O)C(O)(c2cccs2)c2cccs2)CC1.O=CO. The number of thiophene rings is 2. The van der Waals surface area contributed by atoms with Crippen LogP contribution in [0.2, 0.25) is 0 Å². The van der Waals surface area contributed by atoms with Gasteiger partial charge in [0.1, 0.15) is 17.6 Å². The van der Waals surface area contributed by atoms with Gasteiger partial charge in [0.2, 0.25) is 11.2 Å². The normalized spacial score (nSPS) is 16.5. The van der Waals surface area contributed by atoms with E-state index in [4.69, 9.17) is 19.4 Å². The van der Waals surface area contributed by atoms with Gasteiger partial charge in [-0.2, -0.15) is 0 Å². The third-order valence-corrected chi connectivity index (χ3v) is 11.3. The van der Waals surface area contributed by atoms with Gasteiger partial charge < -0.3 is 45.1 Å². The fourth-order valence-electron chi connectivity index (χ4n) is 6.53. The van der Waals surface area contributed by atoms with Crippen LogP contribution in [0.4, 0.5) is 0 Å². The van der Waals surface area contributed by atoms with Gasteiger partial charge in [-0.3, -0.25) is 9.59 Å². The second kappa shape index (κ2) is 19.0. The molecule has 0 spiro atoms. The van der Waals surface area contributed by atoms with Gasteiger partial charge in [0, 0.05) is 37.1 Å². The number of aromatic amines is 1. The molecule has 6 rings (SSSR count). The van der Waals surface area contributed by atoms with Gasteiger partial charge >= 0.3 is 5.97 Å². The zero-order valence-electron chi connectivity index (χ0n) is 29.4. The number of esters is 1. The molecule has 0 bridgehead atoms. The van der Waals surface area contributed by atoms with E-state index in [-0.39, 0.29) is 23.9 Å². The van der Waals surface area contributed by atoms with E-state index >= 15 is 0 Å². The predicted octanol–water partition coefficient (Wildman–Crippen LogP) is 5.37. The molecule has 12 nitrogen and oxygen atoms in total. The number of benzene rings is 2. The Morgan fingerprint density at radius 3 is 2.30 bits per heavy atom. The van der Waals surface area contributed by atoms with Crippen LogP contribution in [-0.2, 0) is 26.5 Å². The van der Waals surface area contributed by atoms with E-state index in [0.717, 1.165) is 50.0 Å². The van der Waals surface area contributed by atoms with E-state index in [2.05, 4.69) is 22.2 Å². The van der Waals surface area contributed by atoms with Crippen LogP contribution in [0.5, 0.6) is 11.5 Å². The van der Waals surface area contributed by atoms with Gasteiger partial charge in [-0.25, -0.2) is 4.79 Å². The number of hydrogen-bond acceptors (Lipinski definition) is 12. The third-order valence-electron chi connectivity index (χ3n) is 9.37. The number of aromatic hydroxyl groups is 1. The number of nitrogens with zero attached hydrogens (tertiary/aromatic N) is 1. The van der Waals surface area contributed by atoms with Crippen LogP contribution < -0.4 is 15.6 Å². The molecule has 0 saturated heterocycles. The van der Waals surface area contributed by atoms with Gasteiger partial charge in [-0.15, -0.1) is 22.7 Å². The molecule has 0 radical (unpaired) electrons. The van der Waals surface area contributed by atoms with Crippen molar-refractivity contribution in [3.63, 3.8) is 0 Å². The largest absolute Gasteiger partial charge is 0.506 e. The van der Waals surface area contributed by atoms with Crippen molar-refractivity contribution in [3.8, 4) is 11.5 Å². The number of ether oxygens (including phenoxy) is 2. The third kappa shape index (κ3) is 10.1. The molecule has 1 saturated carbocycles. The number of aromatic nitrogens is 1. The lowest BCUT2D eigenvalue weighted by Gasteiger charge is -2.35. The molecule has 0 aliphatic heterocycles. The highest BCUT2D eigenvalue weighted by atomic mass is 32.1. The van der Waals surface area contributed by atoms with E-state index in [9.17, 15) is 24.9 Å². The van der Waals surface area contributed by atoms with E-state index in [1.54, 1.807) is 24.3 Å². The lowest BCUT2D eigenvalue weighted by atomic mass is 9.91. The summed E-state index contributed by atoms with van der Waals surface area (Å²) in [7, 11) is 2.13. The second-order valence-electron chi connectivity index (χ2n) is 12.9. The first-order chi connectivity index (χ1) is 25.6. The van der Waals surface area contributed by atoms with Gasteiger partial charge in [0.05, 0.1) is 28.0 Å². The van der Waals surface area contributed by atoms with Crippen LogP contribution in [0.3, 0.4) is 0 Å². The Morgan fingerprint density at radius 1 is 1.02 bits per heavy atom. The molecule has 5 aromatic rings. The first kappa shape index (κ1) is 39.6. The molecule has 3 heterocycles. The summed E-state index contributed by atoms with van der Waals surface area (Å²) >= 11 is 2.70. The van der Waals surface area contributed by atoms with Gasteiger partial charge in [-0.05, 0) is 97.4 Å². The van der Waals surface area contributed by atoms with Gasteiger partial charge in [-0.1, -0.05) is 30.3 Å². The van der Waals surface area contributed by atoms with E-state index < -0.39 is 17.7 Å². The quantitative estimate of drug-likeness (QED) is 0.0458. The summed E-state index contributed by atoms with van der Waals surface area (Å²) in [5.41, 5.74) is -0.0989. The zero-order valence-corrected chi connectivity index (χ0v) is 31.0. The van der Waals surface area contributed by atoms with Crippen molar-refractivity contribution in [1.29, 1.82) is 0 Å². The monoisotopic (exact) mass is 763 g/mol. The van der Waals surface area contributed by atoms with Crippen molar-refractivity contribution in [2.75, 3.05) is 26.7 Å². The number of carbonyl (C=O) groups is 2. The number of phenols is 1. The van der Waals surface area contributed by atoms with Crippen molar-refractivity contribution < 1.29 is 39.5 Å². The summed E-state index contributed by atoms with van der Waals surface area (Å²) in [5.74, 6) is 0.166. The summed E-state index contributed by atoms with van der Waals surface area (Å²) in [6, 6.07) is 21.6. The predicted molar refractivity (Wildman–Crippen MR) is 205 cm³/mol. The lowest BCUT2D eigenvalue weighted by Crippen LogP contribution is -2.42. The maximum Gasteiger partial charge on any atom is 0.349 e. The first-order valence-electron chi connectivity index (χ1n) is 17.4. The van der Waals surface area contributed by atoms with Crippen LogP contribution in [0.25, 0.3) is 10.9 Å². The number of carbonyl (C=O) groups excluding carboxylic acids is 1. The van der Waals surface area contributed by atoms with E-state index in [0.29, 0.717) is 52.0 Å². The maximum atomic E-state index is 13.3. The molecule has 1 aliphatic rings. The van der Waals surface area contributed by atoms with Crippen molar-refractivity contribution in [3.05, 3.63) is 115 Å². The summed E-state index contributed by atoms with van der Waals surface area (Å²) in [4.78, 5) is 39.5. The minimum absolute atomic E-state index is 0.0359. The molecule has 1 aliphatic carbocycles. The molecule has 0 unspecified atom stereocenters. The molecule has 0 amide bonds. The van der Waals surface area contributed by atoms with Crippen LogP contribution in [0, 0.1) is 0 Å². The fourth-order valence-corrected chi connectivity index (χ4v) is 8.25. The maximum absolute atomic E-state index is 13.3. The number of nitrogens with one attached hydrogen (secondary N) is 2. The molecule has 1 atom stereocenters. The number of pyridine rings is 1. The van der Waals surface area contributed by atoms with E-state index in [1.807, 2.05) is 47.2 Å². The highest BCUT2D eigenvalue weighted by molar-refractivity contribution is 7.12. The number of aliphatic hydroxyl groups excluding tert-OH is 1. The van der Waals surface area contributed by atoms with Crippen molar-refractivity contribution in [1.82, 2.24) is 15.2 Å². The number of hydrogen-bond donors (Lipinski definition) is 6. The molecular formula is C39H45N3O9S2. The Kier molecular flexibility index (Phi) is 14.2.